The SMILES string of the molecule is CC(C)CC(N)c1cn(C(CCC(=O)O)C(=O)N2CCNCC2)nn1.[Cl-]. The van der Waals surface area contributed by atoms with Crippen LogP contribution in [0.25, 0.3) is 0 Å². The van der Waals surface area contributed by atoms with E-state index < -0.39 is 12.0 Å². The van der Waals surface area contributed by atoms with Crippen LogP contribution in [-0.4, -0.2) is 63.1 Å². The fourth-order valence-electron chi connectivity index (χ4n) is 2.97. The van der Waals surface area contributed by atoms with Gasteiger partial charge in [-0.2, -0.15) is 0 Å². The van der Waals surface area contributed by atoms with Crippen molar-refractivity contribution >= 4 is 11.9 Å². The smallest absolute Gasteiger partial charge is 0.303 e. The number of aliphatic carboxylic acids is 1. The monoisotopic (exact) mass is 387 g/mol. The van der Waals surface area contributed by atoms with E-state index in [1.165, 1.54) is 4.68 Å². The fourth-order valence-corrected chi connectivity index (χ4v) is 2.97. The molecule has 0 aliphatic carbocycles. The maximum absolute atomic E-state index is 12.9. The van der Waals surface area contributed by atoms with Crippen LogP contribution in [0.2, 0.25) is 0 Å². The molecular formula is C16H28ClN6O3-. The molecule has 1 aromatic rings. The third-order valence-corrected chi connectivity index (χ3v) is 4.30. The summed E-state index contributed by atoms with van der Waals surface area (Å²) in [6.45, 7) is 6.84. The molecule has 0 radical (unpaired) electrons. The number of hydrogen-bond donors (Lipinski definition) is 3. The van der Waals surface area contributed by atoms with Gasteiger partial charge in [0.2, 0.25) is 5.91 Å². The molecule has 1 aromatic heterocycles. The Kier molecular flexibility index (Phi) is 8.97. The minimum Gasteiger partial charge on any atom is -1.00 e. The van der Waals surface area contributed by atoms with Crippen molar-refractivity contribution in [3.63, 3.8) is 0 Å². The molecule has 1 saturated heterocycles. The van der Waals surface area contributed by atoms with E-state index in [0.717, 1.165) is 19.5 Å². The third-order valence-electron chi connectivity index (χ3n) is 4.30. The van der Waals surface area contributed by atoms with Crippen LogP contribution in [0.4, 0.5) is 0 Å². The second-order valence-corrected chi connectivity index (χ2v) is 6.88. The Balaban J connectivity index is 0.00000338. The highest BCUT2D eigenvalue weighted by atomic mass is 35.5. The van der Waals surface area contributed by atoms with Crippen LogP contribution in [-0.2, 0) is 9.59 Å². The molecule has 9 nitrogen and oxygen atoms in total. The van der Waals surface area contributed by atoms with Gasteiger partial charge in [0.05, 0.1) is 17.9 Å². The lowest BCUT2D eigenvalue weighted by molar-refractivity contribution is -0.139. The van der Waals surface area contributed by atoms with Crippen molar-refractivity contribution in [2.45, 2.75) is 45.2 Å². The molecular weight excluding hydrogens is 360 g/mol. The Hall–Kier alpha value is -1.71. The number of nitrogens with two attached hydrogens (primary N) is 1. The van der Waals surface area contributed by atoms with E-state index in [9.17, 15) is 9.59 Å². The number of carbonyl (C=O) groups excluding carboxylic acids is 1. The fraction of sp³-hybridized carbons (Fsp3) is 0.750. The normalized spacial score (nSPS) is 16.8. The molecule has 0 saturated carbocycles. The number of carbonyl (C=O) groups is 2. The van der Waals surface area contributed by atoms with E-state index >= 15 is 0 Å². The van der Waals surface area contributed by atoms with E-state index in [0.29, 0.717) is 24.7 Å². The molecule has 1 fully saturated rings. The standard InChI is InChI=1S/C16H28N6O3.ClH/c1-11(2)9-12(17)13-10-22(20-19-13)14(3-4-15(23)24)16(25)21-7-5-18-6-8-21;/h10-12,14,18H,3-9,17H2,1-2H3,(H,23,24);1H/p-1. The summed E-state index contributed by atoms with van der Waals surface area (Å²) in [5.74, 6) is -0.628. The van der Waals surface area contributed by atoms with Gasteiger partial charge in [0.25, 0.3) is 0 Å². The number of amides is 1. The zero-order valence-electron chi connectivity index (χ0n) is 15.3. The molecule has 2 heterocycles. The van der Waals surface area contributed by atoms with Crippen LogP contribution >= 0.6 is 0 Å². The predicted octanol–water partition coefficient (Wildman–Crippen LogP) is -2.83. The summed E-state index contributed by atoms with van der Waals surface area (Å²) in [7, 11) is 0. The van der Waals surface area contributed by atoms with Gasteiger partial charge in [-0.3, -0.25) is 9.59 Å². The third kappa shape index (κ3) is 6.22. The van der Waals surface area contributed by atoms with E-state index in [-0.39, 0.29) is 37.2 Å². The summed E-state index contributed by atoms with van der Waals surface area (Å²) in [5.41, 5.74) is 6.76. The topological polar surface area (TPSA) is 126 Å². The number of nitrogens with zero attached hydrogens (tertiary/aromatic N) is 4. The Morgan fingerprint density at radius 3 is 2.58 bits per heavy atom. The zero-order chi connectivity index (χ0) is 18.4. The maximum Gasteiger partial charge on any atom is 0.303 e. The Labute approximate surface area is 159 Å². The average molecular weight is 388 g/mol. The summed E-state index contributed by atoms with van der Waals surface area (Å²) >= 11 is 0. The van der Waals surface area contributed by atoms with Crippen molar-refractivity contribution in [3.05, 3.63) is 11.9 Å². The number of nitrogens with one attached hydrogen (secondary N) is 1. The van der Waals surface area contributed by atoms with Crippen LogP contribution in [0.1, 0.15) is 50.9 Å². The summed E-state index contributed by atoms with van der Waals surface area (Å²) < 4.78 is 1.48. The van der Waals surface area contributed by atoms with E-state index in [2.05, 4.69) is 29.5 Å². The van der Waals surface area contributed by atoms with Gasteiger partial charge in [-0.1, -0.05) is 19.1 Å². The molecule has 2 rings (SSSR count). The molecule has 1 amide bonds. The zero-order valence-corrected chi connectivity index (χ0v) is 16.0. The van der Waals surface area contributed by atoms with Crippen LogP contribution in [0, 0.1) is 5.92 Å². The van der Waals surface area contributed by atoms with Gasteiger partial charge in [0, 0.05) is 32.6 Å². The molecule has 148 valence electrons. The summed E-state index contributed by atoms with van der Waals surface area (Å²) in [6.07, 6.45) is 2.53. The Bertz CT molecular complexity index is 588. The van der Waals surface area contributed by atoms with E-state index in [4.69, 9.17) is 10.8 Å². The molecule has 0 aromatic carbocycles. The van der Waals surface area contributed by atoms with Crippen LogP contribution in [0.15, 0.2) is 6.20 Å². The number of carboxylic acid groups (broad SMARTS) is 1. The number of piperazine rings is 1. The van der Waals surface area contributed by atoms with Crippen molar-refractivity contribution in [2.24, 2.45) is 11.7 Å². The first-order valence-electron chi connectivity index (χ1n) is 8.77. The first kappa shape index (κ1) is 22.3. The average Bonchev–Trinajstić information content (AvgIpc) is 3.04. The second kappa shape index (κ2) is 10.4. The van der Waals surface area contributed by atoms with Crippen LogP contribution < -0.4 is 23.5 Å². The minimum atomic E-state index is -0.935. The van der Waals surface area contributed by atoms with Gasteiger partial charge in [-0.25, -0.2) is 4.68 Å². The van der Waals surface area contributed by atoms with E-state index in [1.54, 1.807) is 11.1 Å². The molecule has 1 aliphatic rings. The number of halogens is 1. The molecule has 0 bridgehead atoms. The largest absolute Gasteiger partial charge is 1.00 e. The highest BCUT2D eigenvalue weighted by Gasteiger charge is 2.29. The molecule has 1 aliphatic heterocycles. The van der Waals surface area contributed by atoms with Gasteiger partial charge in [-0.05, 0) is 18.8 Å². The molecule has 2 atom stereocenters. The van der Waals surface area contributed by atoms with Crippen molar-refractivity contribution in [3.8, 4) is 0 Å². The predicted molar refractivity (Wildman–Crippen MR) is 91.8 cm³/mol. The maximum atomic E-state index is 12.9. The first-order valence-corrected chi connectivity index (χ1v) is 8.77. The van der Waals surface area contributed by atoms with Crippen LogP contribution in [0.5, 0.6) is 0 Å². The van der Waals surface area contributed by atoms with Crippen molar-refractivity contribution in [1.82, 2.24) is 25.2 Å². The molecule has 4 N–H and O–H groups in total. The molecule has 2 unspecified atom stereocenters. The number of aromatic nitrogens is 3. The van der Waals surface area contributed by atoms with Gasteiger partial charge < -0.3 is 33.5 Å². The number of hydrogen-bond acceptors (Lipinski definition) is 6. The van der Waals surface area contributed by atoms with Crippen molar-refractivity contribution in [1.29, 1.82) is 0 Å². The highest BCUT2D eigenvalue weighted by molar-refractivity contribution is 5.81. The number of carboxylic acids is 1. The van der Waals surface area contributed by atoms with Gasteiger partial charge in [-0.15, -0.1) is 5.10 Å². The molecule has 10 heteroatoms. The molecule has 26 heavy (non-hydrogen) atoms. The van der Waals surface area contributed by atoms with Gasteiger partial charge in [0.1, 0.15) is 6.04 Å². The minimum absolute atomic E-state index is 0. The summed E-state index contributed by atoms with van der Waals surface area (Å²) in [6, 6.07) is -0.912. The highest BCUT2D eigenvalue weighted by Crippen LogP contribution is 2.21. The van der Waals surface area contributed by atoms with Crippen molar-refractivity contribution in [2.75, 3.05) is 26.2 Å². The van der Waals surface area contributed by atoms with Gasteiger partial charge >= 0.3 is 5.97 Å². The number of rotatable bonds is 8. The Morgan fingerprint density at radius 1 is 1.35 bits per heavy atom. The Morgan fingerprint density at radius 2 is 2.00 bits per heavy atom. The van der Waals surface area contributed by atoms with E-state index in [1.807, 2.05) is 0 Å². The summed E-state index contributed by atoms with van der Waals surface area (Å²) in [4.78, 5) is 25.6. The van der Waals surface area contributed by atoms with Crippen LogP contribution in [0.3, 0.4) is 0 Å². The van der Waals surface area contributed by atoms with Crippen molar-refractivity contribution < 1.29 is 27.1 Å². The second-order valence-electron chi connectivity index (χ2n) is 6.88. The molecule has 0 spiro atoms. The first-order chi connectivity index (χ1) is 11.9. The lowest BCUT2D eigenvalue weighted by Gasteiger charge is -2.30. The summed E-state index contributed by atoms with van der Waals surface area (Å²) in [5, 5.41) is 20.4. The lowest BCUT2D eigenvalue weighted by Crippen LogP contribution is -3.00. The van der Waals surface area contributed by atoms with Gasteiger partial charge in [0.15, 0.2) is 0 Å². The lowest BCUT2D eigenvalue weighted by atomic mass is 10.0. The quantitative estimate of drug-likeness (QED) is 0.438.